The first-order valence-electron chi connectivity index (χ1n) is 22.5. The number of piperidine rings is 2. The number of ether oxygens (including phenoxy) is 2. The van der Waals surface area contributed by atoms with Gasteiger partial charge in [0, 0.05) is 34.0 Å². The Morgan fingerprint density at radius 1 is 0.672 bits per heavy atom. The number of halogens is 3. The smallest absolute Gasteiger partial charge is 0.165 e. The molecule has 0 radical (unpaired) electrons. The summed E-state index contributed by atoms with van der Waals surface area (Å²) in [6, 6.07) is 24.1. The highest BCUT2D eigenvalue weighted by atomic mass is 79.9. The topological polar surface area (TPSA) is 86.6 Å². The van der Waals surface area contributed by atoms with Crippen LogP contribution in [0, 0.1) is 25.5 Å². The van der Waals surface area contributed by atoms with Crippen molar-refractivity contribution in [1.29, 1.82) is 0 Å². The Morgan fingerprint density at radius 2 is 1.14 bits per heavy atom. The molecule has 2 aliphatic heterocycles. The van der Waals surface area contributed by atoms with Crippen molar-refractivity contribution in [1.82, 2.24) is 34.1 Å². The molecular weight excluding hydrogens is 877 g/mol. The molecule has 2 fully saturated rings. The fraction of sp³-hybridized carbons (Fsp3) is 0.431. The molecule has 9 rings (SSSR count). The molecule has 2 unspecified atom stereocenters. The van der Waals surface area contributed by atoms with Gasteiger partial charge < -0.3 is 32.9 Å². The van der Waals surface area contributed by atoms with Crippen LogP contribution >= 0.6 is 15.9 Å². The molecule has 4 aromatic carbocycles. The summed E-state index contributed by atoms with van der Waals surface area (Å²) < 4.78 is 50.0. The van der Waals surface area contributed by atoms with Crippen molar-refractivity contribution in [3.63, 3.8) is 0 Å². The van der Waals surface area contributed by atoms with Crippen molar-refractivity contribution in [2.45, 2.75) is 90.1 Å². The van der Waals surface area contributed by atoms with E-state index in [2.05, 4.69) is 104 Å². The highest BCUT2D eigenvalue weighted by Gasteiger charge is 2.28. The molecule has 0 saturated carbocycles. The minimum Gasteiger partial charge on any atom is -0.494 e. The molecule has 0 bridgehead atoms. The number of hydrogen-bond donors (Lipinski definition) is 0. The van der Waals surface area contributed by atoms with Crippen molar-refractivity contribution >= 4 is 38.0 Å². The minimum atomic E-state index is -0.329. The number of hydrogen-bond acceptors (Lipinski definition) is 8. The molecule has 7 aromatic rings. The number of fused-ring (bicyclic) bond motifs is 2. The van der Waals surface area contributed by atoms with Gasteiger partial charge in [0.05, 0.1) is 42.0 Å². The highest BCUT2D eigenvalue weighted by molar-refractivity contribution is 9.10. The standard InChI is InChI=1S/C28H33FN4O2.C23H27BrFN3O/c1-17(14-20-6-9-26(34-5)23(29)15-20)28-30-24-16-21(27-18(2)31-35-19(27)3)7-8-25(24)33(28)22-10-12-32(4)13-11-22;1-15(12-16-4-7-22(29-3)19(25)13-16)23-26-20-14-17(24)5-6-21(20)28(23)18-8-10-27(2)11-9-18/h6-9,15-17,22H,10-14H2,1-5H3;4-7,13-15,18H,8-12H2,1-3H3. The largest absolute Gasteiger partial charge is 0.494 e. The zero-order valence-electron chi connectivity index (χ0n) is 38.3. The molecular formula is C51H60BrF2N7O3. The summed E-state index contributed by atoms with van der Waals surface area (Å²) in [5.74, 6) is 3.16. The van der Waals surface area contributed by atoms with E-state index in [-0.39, 0.29) is 35.0 Å². The first-order valence-corrected chi connectivity index (χ1v) is 23.3. The summed E-state index contributed by atoms with van der Waals surface area (Å²) in [6.45, 7) is 12.6. The van der Waals surface area contributed by atoms with Crippen LogP contribution in [-0.4, -0.2) is 88.6 Å². The lowest BCUT2D eigenvalue weighted by Gasteiger charge is -2.32. The van der Waals surface area contributed by atoms with Gasteiger partial charge >= 0.3 is 0 Å². The van der Waals surface area contributed by atoms with E-state index in [9.17, 15) is 8.78 Å². The first-order chi connectivity index (χ1) is 30.8. The summed E-state index contributed by atoms with van der Waals surface area (Å²) in [5, 5.41) is 4.13. The monoisotopic (exact) mass is 935 g/mol. The van der Waals surface area contributed by atoms with Crippen molar-refractivity contribution in [2.24, 2.45) is 0 Å². The Morgan fingerprint density at radius 3 is 1.58 bits per heavy atom. The number of benzene rings is 4. The summed E-state index contributed by atoms with van der Waals surface area (Å²) in [4.78, 5) is 15.0. The number of aromatic nitrogens is 5. The normalized spacial score (nSPS) is 16.5. The average Bonchev–Trinajstić information content (AvgIpc) is 3.96. The summed E-state index contributed by atoms with van der Waals surface area (Å²) in [6.07, 6.45) is 5.85. The van der Waals surface area contributed by atoms with Crippen LogP contribution in [0.25, 0.3) is 33.2 Å². The second-order valence-corrected chi connectivity index (χ2v) is 18.8. The number of aryl methyl sites for hydroxylation is 2. The third-order valence-electron chi connectivity index (χ3n) is 13.2. The van der Waals surface area contributed by atoms with E-state index in [1.54, 1.807) is 24.3 Å². The Balaban J connectivity index is 0.000000178. The van der Waals surface area contributed by atoms with Crippen molar-refractivity contribution in [2.75, 3.05) is 54.5 Å². The van der Waals surface area contributed by atoms with Gasteiger partial charge in [0.25, 0.3) is 0 Å². The molecule has 2 atom stereocenters. The van der Waals surface area contributed by atoms with Gasteiger partial charge in [-0.1, -0.05) is 53.1 Å². The van der Waals surface area contributed by atoms with E-state index in [1.807, 2.05) is 26.0 Å². The van der Waals surface area contributed by atoms with Gasteiger partial charge in [0.1, 0.15) is 17.4 Å². The van der Waals surface area contributed by atoms with Gasteiger partial charge in [-0.25, -0.2) is 18.7 Å². The number of rotatable bonds is 11. The molecule has 10 nitrogen and oxygen atoms in total. The van der Waals surface area contributed by atoms with Crippen LogP contribution in [0.4, 0.5) is 8.78 Å². The third-order valence-corrected chi connectivity index (χ3v) is 13.7. The predicted octanol–water partition coefficient (Wildman–Crippen LogP) is 11.6. The van der Waals surface area contributed by atoms with E-state index in [4.69, 9.17) is 24.0 Å². The number of methoxy groups -OCH3 is 2. The summed E-state index contributed by atoms with van der Waals surface area (Å²) >= 11 is 3.57. The van der Waals surface area contributed by atoms with Gasteiger partial charge in [-0.3, -0.25) is 0 Å². The SMILES string of the molecule is COc1ccc(CC(C)c2nc3cc(-c4c(C)noc4C)ccc3n2C2CCN(C)CC2)cc1F.COc1ccc(CC(C)c2nc3cc(Br)ccc3n2C2CCN(C)CC2)cc1F. The highest BCUT2D eigenvalue weighted by Crippen LogP contribution is 2.37. The van der Waals surface area contributed by atoms with Crippen LogP contribution < -0.4 is 9.47 Å². The fourth-order valence-corrected chi connectivity index (χ4v) is 10.1. The van der Waals surface area contributed by atoms with Crippen molar-refractivity contribution < 1.29 is 22.8 Å². The predicted molar refractivity (Wildman–Crippen MR) is 254 cm³/mol. The Bertz CT molecular complexity index is 2710. The lowest BCUT2D eigenvalue weighted by Crippen LogP contribution is -2.32. The summed E-state index contributed by atoms with van der Waals surface area (Å²) in [5.41, 5.74) is 9.20. The Kier molecular flexibility index (Phi) is 13.9. The van der Waals surface area contributed by atoms with Gasteiger partial charge in [0.15, 0.2) is 23.1 Å². The molecule has 338 valence electrons. The minimum absolute atomic E-state index is 0.123. The van der Waals surface area contributed by atoms with Gasteiger partial charge in [-0.05, 0) is 164 Å². The molecule has 2 aliphatic rings. The molecule has 2 saturated heterocycles. The molecule has 0 aliphatic carbocycles. The van der Waals surface area contributed by atoms with Crippen molar-refractivity contribution in [3.8, 4) is 22.6 Å². The lowest BCUT2D eigenvalue weighted by molar-refractivity contribution is 0.220. The van der Waals surface area contributed by atoms with E-state index in [0.717, 1.165) is 125 Å². The first kappa shape index (κ1) is 45.5. The second-order valence-electron chi connectivity index (χ2n) is 17.9. The maximum Gasteiger partial charge on any atom is 0.165 e. The van der Waals surface area contributed by atoms with Gasteiger partial charge in [-0.15, -0.1) is 0 Å². The van der Waals surface area contributed by atoms with Crippen LogP contribution in [0.1, 0.15) is 97.7 Å². The third kappa shape index (κ3) is 9.62. The second kappa shape index (κ2) is 19.6. The molecule has 0 amide bonds. The maximum absolute atomic E-state index is 14.4. The van der Waals surface area contributed by atoms with E-state index >= 15 is 0 Å². The zero-order chi connectivity index (χ0) is 45.2. The van der Waals surface area contributed by atoms with Crippen molar-refractivity contribution in [3.05, 3.63) is 123 Å². The fourth-order valence-electron chi connectivity index (χ4n) is 9.79. The van der Waals surface area contributed by atoms with Crippen LogP contribution in [0.3, 0.4) is 0 Å². The van der Waals surface area contributed by atoms with E-state index in [1.165, 1.54) is 19.7 Å². The molecule has 64 heavy (non-hydrogen) atoms. The number of likely N-dealkylation sites (tertiary alicyclic amines) is 2. The summed E-state index contributed by atoms with van der Waals surface area (Å²) in [7, 11) is 7.34. The quantitative estimate of drug-likeness (QED) is 0.127. The zero-order valence-corrected chi connectivity index (χ0v) is 39.9. The molecule has 5 heterocycles. The van der Waals surface area contributed by atoms with Crippen LogP contribution in [0.2, 0.25) is 0 Å². The van der Waals surface area contributed by atoms with Crippen LogP contribution in [0.5, 0.6) is 11.5 Å². The molecule has 0 spiro atoms. The molecule has 13 heteroatoms. The van der Waals surface area contributed by atoms with Gasteiger partial charge in [0.2, 0.25) is 0 Å². The Hall–Kier alpha value is -5.11. The molecule has 0 N–H and O–H groups in total. The van der Waals surface area contributed by atoms with E-state index in [0.29, 0.717) is 18.5 Å². The van der Waals surface area contributed by atoms with E-state index < -0.39 is 0 Å². The maximum atomic E-state index is 14.4. The van der Waals surface area contributed by atoms with Crippen LogP contribution in [-0.2, 0) is 12.8 Å². The van der Waals surface area contributed by atoms with Gasteiger partial charge in [-0.2, -0.15) is 0 Å². The van der Waals surface area contributed by atoms with Crippen LogP contribution in [0.15, 0.2) is 81.8 Å². The average molecular weight is 937 g/mol. The molecule has 3 aromatic heterocycles. The Labute approximate surface area is 383 Å². The number of imidazole rings is 2. The lowest BCUT2D eigenvalue weighted by atomic mass is 9.98. The number of nitrogens with zero attached hydrogens (tertiary/aromatic N) is 7.